The molecule has 1 fully saturated rings. The summed E-state index contributed by atoms with van der Waals surface area (Å²) in [6.45, 7) is 5.31. The van der Waals surface area contributed by atoms with Crippen molar-refractivity contribution in [1.82, 2.24) is 4.90 Å². The molecule has 0 amide bonds. The van der Waals surface area contributed by atoms with E-state index < -0.39 is 0 Å². The van der Waals surface area contributed by atoms with E-state index >= 15 is 0 Å². The van der Waals surface area contributed by atoms with Gasteiger partial charge in [-0.2, -0.15) is 0 Å². The molecule has 21 heavy (non-hydrogen) atoms. The van der Waals surface area contributed by atoms with Crippen LogP contribution in [0.5, 0.6) is 11.5 Å². The van der Waals surface area contributed by atoms with Gasteiger partial charge in [-0.25, -0.2) is 0 Å². The van der Waals surface area contributed by atoms with Crippen LogP contribution in [-0.2, 0) is 6.54 Å². The zero-order chi connectivity index (χ0) is 14.7. The SMILES string of the molecule is CC(O)CC1CCCN1Cc1cccc2c1OCCCO2. The van der Waals surface area contributed by atoms with Gasteiger partial charge in [-0.05, 0) is 38.8 Å². The summed E-state index contributed by atoms with van der Waals surface area (Å²) in [5, 5.41) is 9.65. The second-order valence-electron chi connectivity index (χ2n) is 6.15. The second kappa shape index (κ2) is 6.67. The average molecular weight is 291 g/mol. The zero-order valence-corrected chi connectivity index (χ0v) is 12.8. The number of ether oxygens (including phenoxy) is 2. The summed E-state index contributed by atoms with van der Waals surface area (Å²) in [5.41, 5.74) is 1.20. The van der Waals surface area contributed by atoms with Crippen molar-refractivity contribution < 1.29 is 14.6 Å². The van der Waals surface area contributed by atoms with Gasteiger partial charge < -0.3 is 14.6 Å². The fourth-order valence-electron chi connectivity index (χ4n) is 3.36. The Bertz CT molecular complexity index is 475. The van der Waals surface area contributed by atoms with Gasteiger partial charge in [0.15, 0.2) is 11.5 Å². The lowest BCUT2D eigenvalue weighted by Gasteiger charge is -2.26. The predicted molar refractivity (Wildman–Crippen MR) is 81.8 cm³/mol. The van der Waals surface area contributed by atoms with E-state index in [1.807, 2.05) is 19.1 Å². The normalized spacial score (nSPS) is 23.8. The highest BCUT2D eigenvalue weighted by atomic mass is 16.5. The summed E-state index contributed by atoms with van der Waals surface area (Å²) >= 11 is 0. The smallest absolute Gasteiger partial charge is 0.165 e. The van der Waals surface area contributed by atoms with Crippen LogP contribution in [0.2, 0.25) is 0 Å². The number of nitrogens with zero attached hydrogens (tertiary/aromatic N) is 1. The quantitative estimate of drug-likeness (QED) is 0.926. The standard InChI is InChI=1S/C17H25NO3/c1-13(19)11-15-6-3-8-18(15)12-14-5-2-7-16-17(14)21-10-4-9-20-16/h2,5,7,13,15,19H,3-4,6,8-12H2,1H3. The van der Waals surface area contributed by atoms with Crippen LogP contribution in [0.1, 0.15) is 38.2 Å². The minimum Gasteiger partial charge on any atom is -0.490 e. The number of aliphatic hydroxyl groups excluding tert-OH is 1. The number of aliphatic hydroxyl groups is 1. The van der Waals surface area contributed by atoms with Crippen molar-refractivity contribution in [3.05, 3.63) is 23.8 Å². The molecule has 2 atom stereocenters. The molecule has 1 N–H and O–H groups in total. The maximum atomic E-state index is 9.65. The van der Waals surface area contributed by atoms with Crippen LogP contribution in [0.4, 0.5) is 0 Å². The number of hydrogen-bond acceptors (Lipinski definition) is 4. The molecule has 1 aromatic rings. The third-order valence-electron chi connectivity index (χ3n) is 4.34. The Morgan fingerprint density at radius 3 is 3.00 bits per heavy atom. The molecule has 1 saturated heterocycles. The second-order valence-corrected chi connectivity index (χ2v) is 6.15. The van der Waals surface area contributed by atoms with Gasteiger partial charge in [0.2, 0.25) is 0 Å². The van der Waals surface area contributed by atoms with Gasteiger partial charge in [0.1, 0.15) is 0 Å². The third kappa shape index (κ3) is 3.50. The van der Waals surface area contributed by atoms with Crippen molar-refractivity contribution in [2.45, 2.75) is 51.3 Å². The van der Waals surface area contributed by atoms with E-state index in [9.17, 15) is 5.11 Å². The highest BCUT2D eigenvalue weighted by molar-refractivity contribution is 5.47. The van der Waals surface area contributed by atoms with Crippen molar-refractivity contribution >= 4 is 0 Å². The molecule has 116 valence electrons. The van der Waals surface area contributed by atoms with Crippen LogP contribution in [0.25, 0.3) is 0 Å². The Morgan fingerprint density at radius 1 is 1.29 bits per heavy atom. The average Bonchev–Trinajstić information content (AvgIpc) is 2.74. The third-order valence-corrected chi connectivity index (χ3v) is 4.34. The Morgan fingerprint density at radius 2 is 2.14 bits per heavy atom. The monoisotopic (exact) mass is 291 g/mol. The predicted octanol–water partition coefficient (Wildman–Crippen LogP) is 2.58. The van der Waals surface area contributed by atoms with E-state index in [0.717, 1.165) is 50.6 Å². The van der Waals surface area contributed by atoms with E-state index in [-0.39, 0.29) is 6.10 Å². The molecule has 0 aromatic heterocycles. The Balaban J connectivity index is 1.75. The molecule has 3 rings (SSSR count). The molecule has 2 aliphatic rings. The van der Waals surface area contributed by atoms with Gasteiger partial charge >= 0.3 is 0 Å². The molecule has 2 unspecified atom stereocenters. The van der Waals surface area contributed by atoms with Gasteiger partial charge in [-0.1, -0.05) is 12.1 Å². The van der Waals surface area contributed by atoms with Crippen LogP contribution in [0.15, 0.2) is 18.2 Å². The highest BCUT2D eigenvalue weighted by Crippen LogP contribution is 2.35. The number of fused-ring (bicyclic) bond motifs is 1. The lowest BCUT2D eigenvalue weighted by Crippen LogP contribution is -2.31. The molecule has 1 aromatic carbocycles. The molecule has 0 spiro atoms. The molecular weight excluding hydrogens is 266 g/mol. The molecule has 4 nitrogen and oxygen atoms in total. The highest BCUT2D eigenvalue weighted by Gasteiger charge is 2.27. The van der Waals surface area contributed by atoms with Crippen molar-refractivity contribution in [3.8, 4) is 11.5 Å². The lowest BCUT2D eigenvalue weighted by molar-refractivity contribution is 0.130. The van der Waals surface area contributed by atoms with Crippen LogP contribution < -0.4 is 9.47 Å². The largest absolute Gasteiger partial charge is 0.490 e. The molecule has 2 aliphatic heterocycles. The Hall–Kier alpha value is -1.26. The maximum absolute atomic E-state index is 9.65. The van der Waals surface area contributed by atoms with Crippen molar-refractivity contribution in [3.63, 3.8) is 0 Å². The molecule has 4 heteroatoms. The Labute approximate surface area is 126 Å². The van der Waals surface area contributed by atoms with Crippen molar-refractivity contribution in [2.75, 3.05) is 19.8 Å². The molecule has 0 bridgehead atoms. The molecule has 0 radical (unpaired) electrons. The first-order valence-corrected chi connectivity index (χ1v) is 8.03. The number of rotatable bonds is 4. The van der Waals surface area contributed by atoms with E-state index in [4.69, 9.17) is 9.47 Å². The Kier molecular flexibility index (Phi) is 4.66. The van der Waals surface area contributed by atoms with E-state index in [2.05, 4.69) is 11.0 Å². The van der Waals surface area contributed by atoms with Gasteiger partial charge in [0, 0.05) is 24.6 Å². The fourth-order valence-corrected chi connectivity index (χ4v) is 3.36. The van der Waals surface area contributed by atoms with E-state index in [1.165, 1.54) is 18.4 Å². The number of likely N-dealkylation sites (tertiary alicyclic amines) is 1. The summed E-state index contributed by atoms with van der Waals surface area (Å²) in [5.74, 6) is 1.79. The lowest BCUT2D eigenvalue weighted by atomic mass is 10.1. The van der Waals surface area contributed by atoms with Crippen LogP contribution >= 0.6 is 0 Å². The van der Waals surface area contributed by atoms with Crippen molar-refractivity contribution in [2.24, 2.45) is 0 Å². The topological polar surface area (TPSA) is 41.9 Å². The summed E-state index contributed by atoms with van der Waals surface area (Å²) < 4.78 is 11.7. The van der Waals surface area contributed by atoms with Gasteiger partial charge in [-0.15, -0.1) is 0 Å². The molecular formula is C17H25NO3. The number of hydrogen-bond donors (Lipinski definition) is 1. The number of benzene rings is 1. The first kappa shape index (κ1) is 14.7. The van der Waals surface area contributed by atoms with Gasteiger partial charge in [0.25, 0.3) is 0 Å². The van der Waals surface area contributed by atoms with Crippen molar-refractivity contribution in [1.29, 1.82) is 0 Å². The molecule has 2 heterocycles. The first-order chi connectivity index (χ1) is 10.2. The summed E-state index contributed by atoms with van der Waals surface area (Å²) in [6, 6.07) is 6.64. The van der Waals surface area contributed by atoms with Crippen LogP contribution in [0, 0.1) is 0 Å². The van der Waals surface area contributed by atoms with Crippen LogP contribution in [0.3, 0.4) is 0 Å². The summed E-state index contributed by atoms with van der Waals surface area (Å²) in [4.78, 5) is 2.47. The molecule has 0 saturated carbocycles. The molecule has 0 aliphatic carbocycles. The number of para-hydroxylation sites is 1. The van der Waals surface area contributed by atoms with Crippen LogP contribution in [-0.4, -0.2) is 41.9 Å². The summed E-state index contributed by atoms with van der Waals surface area (Å²) in [6.07, 6.45) is 3.94. The summed E-state index contributed by atoms with van der Waals surface area (Å²) in [7, 11) is 0. The van der Waals surface area contributed by atoms with Gasteiger partial charge in [0.05, 0.1) is 19.3 Å². The van der Waals surface area contributed by atoms with Gasteiger partial charge in [-0.3, -0.25) is 4.90 Å². The first-order valence-electron chi connectivity index (χ1n) is 8.03. The minimum atomic E-state index is -0.233. The fraction of sp³-hybridized carbons (Fsp3) is 0.647. The van der Waals surface area contributed by atoms with E-state index in [1.54, 1.807) is 0 Å². The maximum Gasteiger partial charge on any atom is 0.165 e. The zero-order valence-electron chi connectivity index (χ0n) is 12.8. The minimum absolute atomic E-state index is 0.233. The van der Waals surface area contributed by atoms with E-state index in [0.29, 0.717) is 6.04 Å².